The Hall–Kier alpha value is -1.77. The van der Waals surface area contributed by atoms with Gasteiger partial charge in [-0.15, -0.1) is 0 Å². The molecule has 2 saturated carbocycles. The topological polar surface area (TPSA) is 60.7 Å². The van der Waals surface area contributed by atoms with E-state index in [2.05, 4.69) is 26.8 Å². The number of ether oxygens (including phenoxy) is 4. The number of benzene rings is 1. The molecule has 1 aromatic carbocycles. The molecule has 3 fully saturated rings. The van der Waals surface area contributed by atoms with Gasteiger partial charge in [0.2, 0.25) is 0 Å². The average Bonchev–Trinajstić information content (AvgIpc) is 3.23. The van der Waals surface area contributed by atoms with Crippen molar-refractivity contribution in [3.63, 3.8) is 0 Å². The molecule has 2 aliphatic carbocycles. The first-order valence-electron chi connectivity index (χ1n) is 9.78. The predicted octanol–water partition coefficient (Wildman–Crippen LogP) is 4.47. The average molecular weight is 371 g/mol. The van der Waals surface area contributed by atoms with E-state index < -0.39 is 6.10 Å². The first-order chi connectivity index (χ1) is 12.9. The molecule has 5 nitrogen and oxygen atoms in total. The van der Waals surface area contributed by atoms with Crippen LogP contribution < -0.4 is 9.47 Å². The molecule has 0 spiro atoms. The van der Waals surface area contributed by atoms with Crippen LogP contribution in [-0.2, 0) is 9.47 Å². The molecule has 4 rings (SSSR count). The summed E-state index contributed by atoms with van der Waals surface area (Å²) in [5, 5.41) is 9.75. The number of methoxy groups -OCH3 is 2. The summed E-state index contributed by atoms with van der Waals surface area (Å²) in [4.78, 5) is 0. The van der Waals surface area contributed by atoms with Gasteiger partial charge >= 0.3 is 0 Å². The van der Waals surface area contributed by atoms with Crippen LogP contribution in [0.2, 0.25) is 0 Å². The van der Waals surface area contributed by atoms with Gasteiger partial charge in [-0.05, 0) is 53.7 Å². The second kappa shape index (κ2) is 6.39. The lowest BCUT2D eigenvalue weighted by atomic mass is 9.70. The van der Waals surface area contributed by atoms with Gasteiger partial charge in [-0.3, -0.25) is 0 Å². The molecule has 2 bridgehead atoms. The lowest BCUT2D eigenvalue weighted by Gasteiger charge is -2.38. The van der Waals surface area contributed by atoms with E-state index in [4.69, 9.17) is 18.9 Å². The van der Waals surface area contributed by atoms with E-state index >= 15 is 0 Å². The molecule has 0 N–H and O–H groups in total. The molecule has 0 aromatic heterocycles. The number of fused-ring (bicyclic) bond motifs is 5. The zero-order valence-corrected chi connectivity index (χ0v) is 16.8. The maximum absolute atomic E-state index is 9.75. The molecule has 27 heavy (non-hydrogen) atoms. The van der Waals surface area contributed by atoms with Crippen LogP contribution in [0.25, 0.3) is 0 Å². The number of hydrogen-bond acceptors (Lipinski definition) is 5. The Balaban J connectivity index is 1.53. The number of rotatable bonds is 5. The van der Waals surface area contributed by atoms with Gasteiger partial charge in [-0.25, -0.2) is 0 Å². The Kier molecular flexibility index (Phi) is 4.40. The van der Waals surface area contributed by atoms with Gasteiger partial charge in [0.1, 0.15) is 11.5 Å². The molecule has 6 atom stereocenters. The first-order valence-corrected chi connectivity index (χ1v) is 9.78. The molecular weight excluding hydrogens is 342 g/mol. The van der Waals surface area contributed by atoms with Crippen molar-refractivity contribution in [2.24, 2.45) is 22.7 Å². The molecule has 0 unspecified atom stereocenters. The summed E-state index contributed by atoms with van der Waals surface area (Å²) in [6.07, 6.45) is 2.46. The minimum Gasteiger partial charge on any atom is -0.497 e. The molecule has 1 aromatic rings. The fourth-order valence-corrected chi connectivity index (χ4v) is 5.94. The third-order valence-corrected chi connectivity index (χ3v) is 7.79. The highest BCUT2D eigenvalue weighted by Crippen LogP contribution is 2.71. The smallest absolute Gasteiger partial charge is 0.175 e. The zero-order chi connectivity index (χ0) is 19.4. The van der Waals surface area contributed by atoms with Gasteiger partial charge < -0.3 is 18.9 Å². The number of hydrogen-bond donors (Lipinski definition) is 0. The summed E-state index contributed by atoms with van der Waals surface area (Å²) >= 11 is 0. The van der Waals surface area contributed by atoms with Crippen molar-refractivity contribution in [1.82, 2.24) is 0 Å². The largest absolute Gasteiger partial charge is 0.497 e. The summed E-state index contributed by atoms with van der Waals surface area (Å²) in [6.45, 7) is 7.15. The van der Waals surface area contributed by atoms with Gasteiger partial charge in [0.25, 0.3) is 0 Å². The van der Waals surface area contributed by atoms with E-state index in [1.54, 1.807) is 26.4 Å². The predicted molar refractivity (Wildman–Crippen MR) is 100 cm³/mol. The number of nitriles is 1. The Morgan fingerprint density at radius 3 is 2.63 bits per heavy atom. The minimum absolute atomic E-state index is 0.191. The molecule has 1 aliphatic heterocycles. The normalized spacial score (nSPS) is 36.9. The highest BCUT2D eigenvalue weighted by atomic mass is 16.7. The van der Waals surface area contributed by atoms with Crippen molar-refractivity contribution in [1.29, 1.82) is 5.26 Å². The third-order valence-electron chi connectivity index (χ3n) is 7.79. The SMILES string of the molecule is COc1ccc(OC)c([C@H](C#N)O[C@H]2C[C@@H]3[C@H]4CC[C@@](C)([C@@H]3O2)C4(C)C)c1. The molecule has 146 valence electrons. The van der Waals surface area contributed by atoms with Crippen molar-refractivity contribution in [3.8, 4) is 17.6 Å². The molecule has 0 amide bonds. The van der Waals surface area contributed by atoms with Crippen LogP contribution in [0, 0.1) is 34.0 Å². The van der Waals surface area contributed by atoms with E-state index in [1.807, 2.05) is 6.07 Å². The summed E-state index contributed by atoms with van der Waals surface area (Å²) < 4.78 is 23.3. The minimum atomic E-state index is -0.752. The van der Waals surface area contributed by atoms with E-state index in [0.29, 0.717) is 34.3 Å². The maximum Gasteiger partial charge on any atom is 0.175 e. The fourth-order valence-electron chi connectivity index (χ4n) is 5.94. The Labute approximate surface area is 161 Å². The van der Waals surface area contributed by atoms with Crippen molar-refractivity contribution in [3.05, 3.63) is 23.8 Å². The zero-order valence-electron chi connectivity index (χ0n) is 16.8. The highest BCUT2D eigenvalue weighted by Gasteiger charge is 2.69. The van der Waals surface area contributed by atoms with Crippen molar-refractivity contribution >= 4 is 0 Å². The van der Waals surface area contributed by atoms with E-state index in [1.165, 1.54) is 12.8 Å². The van der Waals surface area contributed by atoms with Gasteiger partial charge in [-0.1, -0.05) is 20.8 Å². The van der Waals surface area contributed by atoms with Crippen LogP contribution >= 0.6 is 0 Å². The lowest BCUT2D eigenvalue weighted by Crippen LogP contribution is -2.38. The molecule has 3 aliphatic rings. The Bertz CT molecular complexity index is 770. The fraction of sp³-hybridized carbons (Fsp3) is 0.682. The first kappa shape index (κ1) is 18.6. The van der Waals surface area contributed by atoms with Crippen molar-refractivity contribution in [2.45, 2.75) is 58.5 Å². The van der Waals surface area contributed by atoms with Gasteiger partial charge in [0.15, 0.2) is 12.4 Å². The highest BCUT2D eigenvalue weighted by molar-refractivity contribution is 5.43. The van der Waals surface area contributed by atoms with Crippen LogP contribution in [0.5, 0.6) is 11.5 Å². The summed E-state index contributed by atoms with van der Waals surface area (Å²) in [5.41, 5.74) is 1.17. The van der Waals surface area contributed by atoms with Crippen LogP contribution in [0.3, 0.4) is 0 Å². The van der Waals surface area contributed by atoms with Crippen LogP contribution in [-0.4, -0.2) is 26.6 Å². The lowest BCUT2D eigenvalue weighted by molar-refractivity contribution is -0.177. The second-order valence-electron chi connectivity index (χ2n) is 8.92. The van der Waals surface area contributed by atoms with Crippen LogP contribution in [0.1, 0.15) is 51.7 Å². The van der Waals surface area contributed by atoms with E-state index in [-0.39, 0.29) is 17.8 Å². The van der Waals surface area contributed by atoms with Gasteiger partial charge in [0, 0.05) is 12.0 Å². The third kappa shape index (κ3) is 2.57. The standard InChI is InChI=1S/C22H29NO4/c1-21(2)16-8-9-22(21,3)20-14(16)11-19(27-20)26-18(12-23)15-10-13(24-4)6-7-17(15)25-5/h6-7,10,14,16,18-20H,8-9,11H2,1-5H3/t14-,16-,18+,19-,20-,22+/m1/s1. The second-order valence-corrected chi connectivity index (χ2v) is 8.92. The number of nitrogens with zero attached hydrogens (tertiary/aromatic N) is 1. The quantitative estimate of drug-likeness (QED) is 0.764. The van der Waals surface area contributed by atoms with Gasteiger partial charge in [0.05, 0.1) is 26.4 Å². The van der Waals surface area contributed by atoms with Crippen LogP contribution in [0.15, 0.2) is 18.2 Å². The monoisotopic (exact) mass is 371 g/mol. The van der Waals surface area contributed by atoms with E-state index in [9.17, 15) is 5.26 Å². The Morgan fingerprint density at radius 2 is 2.00 bits per heavy atom. The molecule has 0 radical (unpaired) electrons. The Morgan fingerprint density at radius 1 is 1.22 bits per heavy atom. The van der Waals surface area contributed by atoms with Crippen LogP contribution in [0.4, 0.5) is 0 Å². The molecule has 5 heteroatoms. The molecule has 1 heterocycles. The maximum atomic E-state index is 9.75. The molecule has 1 saturated heterocycles. The van der Waals surface area contributed by atoms with Crippen molar-refractivity contribution in [2.75, 3.05) is 14.2 Å². The van der Waals surface area contributed by atoms with Gasteiger partial charge in [-0.2, -0.15) is 5.26 Å². The summed E-state index contributed by atoms with van der Waals surface area (Å²) in [7, 11) is 3.20. The molecular formula is C22H29NO4. The summed E-state index contributed by atoms with van der Waals surface area (Å²) in [6, 6.07) is 7.68. The van der Waals surface area contributed by atoms with Crippen molar-refractivity contribution < 1.29 is 18.9 Å². The summed E-state index contributed by atoms with van der Waals surface area (Å²) in [5.74, 6) is 2.49. The van der Waals surface area contributed by atoms with E-state index in [0.717, 1.165) is 6.42 Å².